The van der Waals surface area contributed by atoms with Crippen LogP contribution in [-0.2, 0) is 4.65 Å². The molecule has 0 saturated heterocycles. The summed E-state index contributed by atoms with van der Waals surface area (Å²) in [4.78, 5) is 0. The molecular formula is C32H31BO3. The number of hydrogen-bond acceptors (Lipinski definition) is 3. The number of fused-ring (bicyclic) bond motifs is 2. The number of hydrogen-bond donors (Lipinski definition) is 0. The maximum Gasteiger partial charge on any atom is 0.788 e. The molecule has 3 nitrogen and oxygen atoms in total. The second-order valence-electron chi connectivity index (χ2n) is 9.20. The van der Waals surface area contributed by atoms with Crippen LogP contribution in [0.15, 0.2) is 103 Å². The third kappa shape index (κ3) is 5.10. The zero-order chi connectivity index (χ0) is 24.9. The molecule has 0 N–H and O–H groups in total. The molecule has 0 saturated carbocycles. The minimum absolute atomic E-state index is 0.218. The first-order valence-electron chi connectivity index (χ1n) is 12.6. The fourth-order valence-corrected chi connectivity index (χ4v) is 4.74. The lowest BCUT2D eigenvalue weighted by Crippen LogP contribution is -2.36. The lowest BCUT2D eigenvalue weighted by molar-refractivity contribution is 0.124. The van der Waals surface area contributed by atoms with Gasteiger partial charge in [-0.2, -0.15) is 0 Å². The van der Waals surface area contributed by atoms with Gasteiger partial charge in [-0.1, -0.05) is 98.3 Å². The molecule has 1 atom stereocenters. The molecule has 4 heteroatoms. The standard InChI is InChI=1S/C32H31BO3/c1-4-13-31(32-27-18-9-7-16-25(27)22-26-17-8-10-19-28(26)32)36-33(34-29-20-11-5-14-23(29)2)35-30-21-12-6-15-24(30)3/h5-12,14-22,31H,4,13H2,1-3H3. The van der Waals surface area contributed by atoms with Crippen LogP contribution in [-0.4, -0.2) is 7.32 Å². The summed E-state index contributed by atoms with van der Waals surface area (Å²) in [6.45, 7) is 6.24. The SMILES string of the molecule is CCCC(OB(Oc1ccccc1C)Oc1ccccc1C)c1c2ccccc2cc2ccccc12. The third-order valence-electron chi connectivity index (χ3n) is 6.59. The van der Waals surface area contributed by atoms with Gasteiger partial charge in [0.05, 0.1) is 6.10 Å². The molecule has 0 radical (unpaired) electrons. The third-order valence-corrected chi connectivity index (χ3v) is 6.59. The van der Waals surface area contributed by atoms with Crippen molar-refractivity contribution < 1.29 is 14.0 Å². The van der Waals surface area contributed by atoms with Gasteiger partial charge in [-0.25, -0.2) is 0 Å². The van der Waals surface area contributed by atoms with Gasteiger partial charge in [-0.3, -0.25) is 0 Å². The topological polar surface area (TPSA) is 27.7 Å². The van der Waals surface area contributed by atoms with Gasteiger partial charge in [0, 0.05) is 0 Å². The van der Waals surface area contributed by atoms with Crippen molar-refractivity contribution in [2.75, 3.05) is 0 Å². The van der Waals surface area contributed by atoms with Gasteiger partial charge in [0.2, 0.25) is 0 Å². The Hall–Kier alpha value is -3.76. The van der Waals surface area contributed by atoms with Gasteiger partial charge in [-0.15, -0.1) is 0 Å². The summed E-state index contributed by atoms with van der Waals surface area (Å²) in [6.07, 6.45) is 1.58. The van der Waals surface area contributed by atoms with E-state index in [1.165, 1.54) is 27.1 Å². The fourth-order valence-electron chi connectivity index (χ4n) is 4.74. The summed E-state index contributed by atoms with van der Waals surface area (Å²) in [5.74, 6) is 1.49. The van der Waals surface area contributed by atoms with Crippen molar-refractivity contribution in [3.05, 3.63) is 120 Å². The first-order valence-corrected chi connectivity index (χ1v) is 12.6. The van der Waals surface area contributed by atoms with Gasteiger partial charge >= 0.3 is 7.32 Å². The molecule has 0 aliphatic carbocycles. The van der Waals surface area contributed by atoms with Gasteiger partial charge in [-0.05, 0) is 76.7 Å². The first-order chi connectivity index (χ1) is 17.6. The van der Waals surface area contributed by atoms with Crippen LogP contribution in [0.3, 0.4) is 0 Å². The molecule has 0 fully saturated rings. The van der Waals surface area contributed by atoms with E-state index in [0.717, 1.165) is 35.5 Å². The zero-order valence-electron chi connectivity index (χ0n) is 21.1. The Morgan fingerprint density at radius 3 is 1.61 bits per heavy atom. The largest absolute Gasteiger partial charge is 0.788 e. The van der Waals surface area contributed by atoms with Crippen LogP contribution in [0.5, 0.6) is 11.5 Å². The van der Waals surface area contributed by atoms with Crippen LogP contribution in [0, 0.1) is 13.8 Å². The summed E-state index contributed by atoms with van der Waals surface area (Å²) in [5.41, 5.74) is 3.24. The van der Waals surface area contributed by atoms with Crippen LogP contribution in [0.2, 0.25) is 0 Å². The van der Waals surface area contributed by atoms with E-state index in [1.54, 1.807) is 0 Å². The van der Waals surface area contributed by atoms with E-state index < -0.39 is 7.32 Å². The molecule has 0 amide bonds. The second kappa shape index (κ2) is 10.9. The molecule has 5 aromatic carbocycles. The van der Waals surface area contributed by atoms with E-state index in [4.69, 9.17) is 14.0 Å². The minimum atomic E-state index is -0.915. The normalized spacial score (nSPS) is 12.0. The summed E-state index contributed by atoms with van der Waals surface area (Å²) in [6, 6.07) is 35.2. The average Bonchev–Trinajstić information content (AvgIpc) is 2.89. The van der Waals surface area contributed by atoms with E-state index in [2.05, 4.69) is 61.5 Å². The first kappa shape index (κ1) is 24.0. The van der Waals surface area contributed by atoms with E-state index >= 15 is 0 Å². The van der Waals surface area contributed by atoms with E-state index in [1.807, 2.05) is 62.4 Å². The Kier molecular flexibility index (Phi) is 7.24. The Labute approximate surface area is 213 Å². The lowest BCUT2D eigenvalue weighted by Gasteiger charge is -2.26. The average molecular weight is 474 g/mol. The molecule has 0 aromatic heterocycles. The summed E-state index contributed by atoms with van der Waals surface area (Å²) >= 11 is 0. The van der Waals surface area contributed by atoms with E-state index in [9.17, 15) is 0 Å². The predicted molar refractivity (Wildman–Crippen MR) is 150 cm³/mol. The van der Waals surface area contributed by atoms with Crippen molar-refractivity contribution in [3.8, 4) is 11.5 Å². The highest BCUT2D eigenvalue weighted by molar-refractivity contribution is 6.38. The summed E-state index contributed by atoms with van der Waals surface area (Å²) < 4.78 is 19.5. The van der Waals surface area contributed by atoms with Gasteiger partial charge in [0.15, 0.2) is 0 Å². The highest BCUT2D eigenvalue weighted by Crippen LogP contribution is 2.37. The van der Waals surface area contributed by atoms with E-state index in [0.29, 0.717) is 0 Å². The number of aryl methyl sites for hydroxylation is 2. The molecule has 36 heavy (non-hydrogen) atoms. The predicted octanol–water partition coefficient (Wildman–Crippen LogP) is 8.61. The van der Waals surface area contributed by atoms with Crippen molar-refractivity contribution >= 4 is 28.9 Å². The van der Waals surface area contributed by atoms with Crippen molar-refractivity contribution in [1.82, 2.24) is 0 Å². The van der Waals surface area contributed by atoms with Crippen molar-refractivity contribution in [3.63, 3.8) is 0 Å². The number of rotatable bonds is 9. The second-order valence-corrected chi connectivity index (χ2v) is 9.20. The maximum absolute atomic E-state index is 6.77. The quantitative estimate of drug-likeness (QED) is 0.158. The Balaban J connectivity index is 1.59. The lowest BCUT2D eigenvalue weighted by atomic mass is 9.91. The highest BCUT2D eigenvalue weighted by atomic mass is 16.7. The number of benzene rings is 5. The highest BCUT2D eigenvalue weighted by Gasteiger charge is 2.33. The molecule has 0 spiro atoms. The Morgan fingerprint density at radius 1 is 0.639 bits per heavy atom. The van der Waals surface area contributed by atoms with Crippen molar-refractivity contribution in [2.45, 2.75) is 39.7 Å². The molecule has 1 unspecified atom stereocenters. The van der Waals surface area contributed by atoms with Crippen LogP contribution < -0.4 is 9.31 Å². The number of para-hydroxylation sites is 2. The molecule has 0 aliphatic heterocycles. The fraction of sp³-hybridized carbons (Fsp3) is 0.188. The van der Waals surface area contributed by atoms with Crippen molar-refractivity contribution in [2.24, 2.45) is 0 Å². The molecule has 0 heterocycles. The monoisotopic (exact) mass is 474 g/mol. The van der Waals surface area contributed by atoms with Crippen molar-refractivity contribution in [1.29, 1.82) is 0 Å². The molecule has 0 aliphatic rings. The summed E-state index contributed by atoms with van der Waals surface area (Å²) in [5, 5.41) is 4.79. The van der Waals surface area contributed by atoms with Crippen LogP contribution >= 0.6 is 0 Å². The van der Waals surface area contributed by atoms with Crippen LogP contribution in [0.4, 0.5) is 0 Å². The van der Waals surface area contributed by atoms with Gasteiger partial charge in [0.25, 0.3) is 0 Å². The minimum Gasteiger partial charge on any atom is -0.501 e. The van der Waals surface area contributed by atoms with Crippen LogP contribution in [0.1, 0.15) is 42.6 Å². The maximum atomic E-state index is 6.77. The molecule has 5 rings (SSSR count). The summed E-state index contributed by atoms with van der Waals surface area (Å²) in [7, 11) is -0.915. The molecule has 0 bridgehead atoms. The smallest absolute Gasteiger partial charge is 0.501 e. The molecule has 5 aromatic rings. The van der Waals surface area contributed by atoms with E-state index in [-0.39, 0.29) is 6.10 Å². The van der Waals surface area contributed by atoms with Crippen LogP contribution in [0.25, 0.3) is 21.5 Å². The molecular weight excluding hydrogens is 443 g/mol. The van der Waals surface area contributed by atoms with Gasteiger partial charge < -0.3 is 14.0 Å². The zero-order valence-corrected chi connectivity index (χ0v) is 21.1. The Bertz CT molecular complexity index is 1380. The Morgan fingerprint density at radius 2 is 1.11 bits per heavy atom. The van der Waals surface area contributed by atoms with Gasteiger partial charge in [0.1, 0.15) is 11.5 Å². The molecule has 180 valence electrons.